The molecule has 0 fully saturated rings. The maximum absolute atomic E-state index is 12.8. The van der Waals surface area contributed by atoms with Crippen molar-refractivity contribution in [2.75, 3.05) is 7.11 Å². The molecule has 7 heteroatoms. The van der Waals surface area contributed by atoms with Crippen molar-refractivity contribution in [2.24, 2.45) is 0 Å². The summed E-state index contributed by atoms with van der Waals surface area (Å²) in [7, 11) is 1.56. The van der Waals surface area contributed by atoms with Crippen molar-refractivity contribution in [1.82, 2.24) is 0 Å². The minimum atomic E-state index is -3.02. The van der Waals surface area contributed by atoms with Crippen molar-refractivity contribution < 1.29 is 32.5 Å². The summed E-state index contributed by atoms with van der Waals surface area (Å²) in [5.74, 6) is 0.707. The Morgan fingerprint density at radius 1 is 0.833 bits per heavy atom. The van der Waals surface area contributed by atoms with Crippen LogP contribution in [0.3, 0.4) is 0 Å². The lowest BCUT2D eigenvalue weighted by Gasteiger charge is -2.16. The van der Waals surface area contributed by atoms with Crippen molar-refractivity contribution >= 4 is 6.29 Å². The van der Waals surface area contributed by atoms with Gasteiger partial charge in [0.05, 0.1) is 12.7 Å². The summed E-state index contributed by atoms with van der Waals surface area (Å²) in [6, 6.07) is 18.9. The second-order valence-corrected chi connectivity index (χ2v) is 6.24. The average molecular weight is 414 g/mol. The maximum atomic E-state index is 12.8. The fraction of sp³-hybridized carbons (Fsp3) is 0.174. The van der Waals surface area contributed by atoms with E-state index in [2.05, 4.69) is 4.74 Å². The van der Waals surface area contributed by atoms with Crippen molar-refractivity contribution in [3.8, 4) is 23.0 Å². The molecule has 30 heavy (non-hydrogen) atoms. The van der Waals surface area contributed by atoms with Crippen LogP contribution in [0.15, 0.2) is 66.7 Å². The third kappa shape index (κ3) is 5.70. The number of aldehydes is 1. The smallest absolute Gasteiger partial charge is 0.387 e. The van der Waals surface area contributed by atoms with E-state index in [1.807, 2.05) is 30.3 Å². The van der Waals surface area contributed by atoms with Gasteiger partial charge in [0, 0.05) is 12.1 Å². The average Bonchev–Trinajstić information content (AvgIpc) is 2.76. The molecule has 0 atom stereocenters. The second-order valence-electron chi connectivity index (χ2n) is 6.24. The Balaban J connectivity index is 1.84. The monoisotopic (exact) mass is 414 g/mol. The van der Waals surface area contributed by atoms with Crippen LogP contribution in [0.25, 0.3) is 0 Å². The molecule has 0 aliphatic rings. The lowest BCUT2D eigenvalue weighted by Crippen LogP contribution is -2.06. The van der Waals surface area contributed by atoms with E-state index in [4.69, 9.17) is 14.2 Å². The molecule has 0 radical (unpaired) electrons. The number of hydrogen-bond donors (Lipinski definition) is 0. The lowest BCUT2D eigenvalue weighted by molar-refractivity contribution is -0.0500. The predicted octanol–water partition coefficient (Wildman–Crippen LogP) is 5.27. The summed E-state index contributed by atoms with van der Waals surface area (Å²) >= 11 is 0. The number of alkyl halides is 2. The van der Waals surface area contributed by atoms with Crippen molar-refractivity contribution in [2.45, 2.75) is 19.8 Å². The molecule has 0 spiro atoms. The van der Waals surface area contributed by atoms with Gasteiger partial charge < -0.3 is 18.9 Å². The van der Waals surface area contributed by atoms with E-state index in [0.717, 1.165) is 11.1 Å². The fourth-order valence-corrected chi connectivity index (χ4v) is 2.72. The molecule has 0 bridgehead atoms. The molecule has 0 saturated heterocycles. The molecule has 0 aromatic heterocycles. The Morgan fingerprint density at radius 2 is 1.40 bits per heavy atom. The molecular formula is C23H20F2O5. The predicted molar refractivity (Wildman–Crippen MR) is 107 cm³/mol. The summed E-state index contributed by atoms with van der Waals surface area (Å²) in [5.41, 5.74) is 1.77. The fourth-order valence-electron chi connectivity index (χ4n) is 2.72. The highest BCUT2D eigenvalue weighted by Gasteiger charge is 2.17. The van der Waals surface area contributed by atoms with Crippen LogP contribution in [0.1, 0.15) is 21.5 Å². The molecule has 156 valence electrons. The summed E-state index contributed by atoms with van der Waals surface area (Å²) < 4.78 is 46.6. The van der Waals surface area contributed by atoms with Gasteiger partial charge in [0.25, 0.3) is 0 Å². The van der Waals surface area contributed by atoms with Gasteiger partial charge in [-0.2, -0.15) is 8.78 Å². The Hall–Kier alpha value is -3.61. The highest BCUT2D eigenvalue weighted by atomic mass is 19.3. The van der Waals surface area contributed by atoms with E-state index in [9.17, 15) is 13.6 Å². The lowest BCUT2D eigenvalue weighted by atomic mass is 10.1. The van der Waals surface area contributed by atoms with Crippen LogP contribution < -0.4 is 18.9 Å². The molecule has 0 saturated carbocycles. The number of carbonyl (C=O) groups is 1. The highest BCUT2D eigenvalue weighted by Crippen LogP contribution is 2.35. The first kappa shape index (κ1) is 21.1. The van der Waals surface area contributed by atoms with Crippen LogP contribution in [0, 0.1) is 0 Å². The maximum Gasteiger partial charge on any atom is 0.387 e. The van der Waals surface area contributed by atoms with E-state index in [1.165, 1.54) is 12.1 Å². The molecule has 3 aromatic carbocycles. The zero-order valence-corrected chi connectivity index (χ0v) is 16.2. The Labute approximate surface area is 172 Å². The molecule has 0 amide bonds. The zero-order valence-electron chi connectivity index (χ0n) is 16.2. The third-order valence-corrected chi connectivity index (χ3v) is 4.21. The van der Waals surface area contributed by atoms with Crippen LogP contribution >= 0.6 is 0 Å². The summed E-state index contributed by atoms with van der Waals surface area (Å²) in [4.78, 5) is 11.7. The van der Waals surface area contributed by atoms with Gasteiger partial charge in [-0.3, -0.25) is 4.79 Å². The van der Waals surface area contributed by atoms with Gasteiger partial charge in [0.15, 0.2) is 6.29 Å². The molecule has 0 aliphatic carbocycles. The Kier molecular flexibility index (Phi) is 7.21. The normalized spacial score (nSPS) is 10.5. The number of benzene rings is 3. The first-order chi connectivity index (χ1) is 14.6. The van der Waals surface area contributed by atoms with Crippen molar-refractivity contribution in [3.63, 3.8) is 0 Å². The Morgan fingerprint density at radius 3 is 1.90 bits per heavy atom. The number of hydrogen-bond acceptors (Lipinski definition) is 5. The minimum absolute atomic E-state index is 0.0852. The molecule has 0 aliphatic heterocycles. The number of methoxy groups -OCH3 is 1. The summed E-state index contributed by atoms with van der Waals surface area (Å²) in [6.07, 6.45) is 0.565. The van der Waals surface area contributed by atoms with Crippen molar-refractivity contribution in [1.29, 1.82) is 0 Å². The van der Waals surface area contributed by atoms with Gasteiger partial charge in [-0.1, -0.05) is 42.5 Å². The first-order valence-electron chi connectivity index (χ1n) is 9.09. The number of halogens is 2. The van der Waals surface area contributed by atoms with Gasteiger partial charge >= 0.3 is 6.61 Å². The number of carbonyl (C=O) groups excluding carboxylic acids is 1. The third-order valence-electron chi connectivity index (χ3n) is 4.21. The molecule has 3 rings (SSSR count). The number of ether oxygens (including phenoxy) is 4. The largest absolute Gasteiger partial charge is 0.497 e. The van der Waals surface area contributed by atoms with Crippen LogP contribution in [0.2, 0.25) is 0 Å². The zero-order chi connectivity index (χ0) is 21.3. The number of rotatable bonds is 10. The summed E-state index contributed by atoms with van der Waals surface area (Å²) in [6.45, 7) is -2.76. The molecule has 0 N–H and O–H groups in total. The first-order valence-corrected chi connectivity index (χ1v) is 9.09. The molecule has 3 aromatic rings. The van der Waals surface area contributed by atoms with Crippen molar-refractivity contribution in [3.05, 3.63) is 83.4 Å². The molecule has 5 nitrogen and oxygen atoms in total. The highest BCUT2D eigenvalue weighted by molar-refractivity contribution is 5.84. The van der Waals surface area contributed by atoms with Gasteiger partial charge in [-0.25, -0.2) is 0 Å². The van der Waals surface area contributed by atoms with Gasteiger partial charge in [0.2, 0.25) is 0 Å². The van der Waals surface area contributed by atoms with E-state index in [1.54, 1.807) is 31.4 Å². The van der Waals surface area contributed by atoms with Crippen LogP contribution in [-0.2, 0) is 13.2 Å². The van der Waals surface area contributed by atoms with Crippen LogP contribution in [-0.4, -0.2) is 20.0 Å². The Bertz CT molecular complexity index is 959. The SMILES string of the molecule is COc1ccc(COc2cc(OC(F)F)cc(OCc3ccccc3)c2C=O)cc1. The van der Waals surface area contributed by atoms with Gasteiger partial charge in [0.1, 0.15) is 36.2 Å². The topological polar surface area (TPSA) is 54.0 Å². The molecule has 0 unspecified atom stereocenters. The van der Waals surface area contributed by atoms with E-state index in [-0.39, 0.29) is 36.0 Å². The van der Waals surface area contributed by atoms with E-state index >= 15 is 0 Å². The van der Waals surface area contributed by atoms with Gasteiger partial charge in [-0.05, 0) is 23.3 Å². The van der Waals surface area contributed by atoms with E-state index in [0.29, 0.717) is 12.0 Å². The minimum Gasteiger partial charge on any atom is -0.497 e. The van der Waals surface area contributed by atoms with Crippen LogP contribution in [0.4, 0.5) is 8.78 Å². The quantitative estimate of drug-likeness (QED) is 0.423. The van der Waals surface area contributed by atoms with Crippen LogP contribution in [0.5, 0.6) is 23.0 Å². The second kappa shape index (κ2) is 10.2. The standard InChI is InChI=1S/C23H20F2O5/c1-27-18-9-7-17(8-10-18)15-29-22-12-19(30-23(24)25)11-21(20(22)13-26)28-14-16-5-3-2-4-6-16/h2-13,23H,14-15H2,1H3. The molecule has 0 heterocycles. The molecular weight excluding hydrogens is 394 g/mol. The summed E-state index contributed by atoms with van der Waals surface area (Å²) in [5, 5.41) is 0. The van der Waals surface area contributed by atoms with Gasteiger partial charge in [-0.15, -0.1) is 0 Å². The van der Waals surface area contributed by atoms with E-state index < -0.39 is 6.61 Å².